The predicted molar refractivity (Wildman–Crippen MR) is 94.6 cm³/mol. The summed E-state index contributed by atoms with van der Waals surface area (Å²) in [7, 11) is 0. The fourth-order valence-corrected chi connectivity index (χ4v) is 3.26. The van der Waals surface area contributed by atoms with Gasteiger partial charge in [-0.3, -0.25) is 9.59 Å². The van der Waals surface area contributed by atoms with Gasteiger partial charge in [0.1, 0.15) is 0 Å². The van der Waals surface area contributed by atoms with Crippen LogP contribution in [0.2, 0.25) is 0 Å². The van der Waals surface area contributed by atoms with E-state index in [0.29, 0.717) is 23.2 Å². The molecule has 0 saturated heterocycles. The van der Waals surface area contributed by atoms with E-state index in [1.54, 1.807) is 24.3 Å². The average molecular weight is 417 g/mol. The minimum absolute atomic E-state index is 0.120. The topological polar surface area (TPSA) is 46.6 Å². The fraction of sp³-hybridized carbons (Fsp3) is 0.111. The van der Waals surface area contributed by atoms with Crippen molar-refractivity contribution in [2.75, 3.05) is 18.2 Å². The van der Waals surface area contributed by atoms with E-state index in [1.807, 2.05) is 29.2 Å². The molecular formula is C18H12INO3. The Bertz CT molecular complexity index is 855. The molecule has 2 aromatic carbocycles. The number of anilines is 1. The number of rotatable bonds is 1. The molecule has 0 aromatic heterocycles. The van der Waals surface area contributed by atoms with Gasteiger partial charge in [-0.05, 0) is 46.9 Å². The van der Waals surface area contributed by atoms with Gasteiger partial charge in [0.05, 0.1) is 12.1 Å². The van der Waals surface area contributed by atoms with Gasteiger partial charge in [0.15, 0.2) is 18.3 Å². The summed E-state index contributed by atoms with van der Waals surface area (Å²) in [6, 6.07) is 14.9. The van der Waals surface area contributed by atoms with Crippen molar-refractivity contribution in [3.63, 3.8) is 0 Å². The van der Waals surface area contributed by atoms with Gasteiger partial charge in [0.2, 0.25) is 5.78 Å². The molecule has 1 aliphatic heterocycles. The van der Waals surface area contributed by atoms with Crippen molar-refractivity contribution < 1.29 is 14.3 Å². The third kappa shape index (κ3) is 2.35. The number of nitrogens with zero attached hydrogens (tertiary/aromatic N) is 1. The molecule has 0 bridgehead atoms. The van der Waals surface area contributed by atoms with Gasteiger partial charge in [-0.2, -0.15) is 0 Å². The number of hydrogen-bond acceptors (Lipinski definition) is 4. The largest absolute Gasteiger partial charge is 0.468 e. The Kier molecular flexibility index (Phi) is 3.45. The van der Waals surface area contributed by atoms with Gasteiger partial charge < -0.3 is 9.64 Å². The summed E-state index contributed by atoms with van der Waals surface area (Å²) in [5.74, 6) is -0.113. The number of fused-ring (bicyclic) bond motifs is 1. The zero-order valence-electron chi connectivity index (χ0n) is 12.1. The molecule has 2 aromatic rings. The molecule has 0 saturated carbocycles. The second-order valence-electron chi connectivity index (χ2n) is 5.46. The highest BCUT2D eigenvalue weighted by atomic mass is 127. The van der Waals surface area contributed by atoms with Gasteiger partial charge in [0, 0.05) is 20.4 Å². The van der Waals surface area contributed by atoms with Gasteiger partial charge in [-0.1, -0.05) is 24.3 Å². The number of Topliss-reactive ketones (excluding diaryl/α,β-unsaturated/α-hetero) is 2. The van der Waals surface area contributed by atoms with Crippen molar-refractivity contribution in [3.05, 3.63) is 74.6 Å². The molecule has 0 amide bonds. The van der Waals surface area contributed by atoms with E-state index >= 15 is 0 Å². The Morgan fingerprint density at radius 1 is 0.913 bits per heavy atom. The second-order valence-corrected chi connectivity index (χ2v) is 6.70. The second kappa shape index (κ2) is 5.49. The molecule has 4 nitrogen and oxygen atoms in total. The number of carbonyl (C=O) groups excluding carboxylic acids is 2. The van der Waals surface area contributed by atoms with E-state index in [1.165, 1.54) is 0 Å². The third-order valence-electron chi connectivity index (χ3n) is 4.08. The maximum absolute atomic E-state index is 12.7. The number of ether oxygens (including phenoxy) is 1. The van der Waals surface area contributed by atoms with Gasteiger partial charge in [-0.25, -0.2) is 0 Å². The lowest BCUT2D eigenvalue weighted by Gasteiger charge is -2.33. The summed E-state index contributed by atoms with van der Waals surface area (Å²) < 4.78 is 6.79. The number of ketones is 2. The lowest BCUT2D eigenvalue weighted by Crippen LogP contribution is -2.39. The molecule has 4 rings (SSSR count). The van der Waals surface area contributed by atoms with Crippen LogP contribution in [-0.4, -0.2) is 24.8 Å². The number of benzene rings is 2. The first-order valence-electron chi connectivity index (χ1n) is 7.20. The Morgan fingerprint density at radius 3 is 2.26 bits per heavy atom. The van der Waals surface area contributed by atoms with Crippen LogP contribution < -0.4 is 4.90 Å². The first kappa shape index (κ1) is 14.4. The molecule has 0 N–H and O–H groups in total. The van der Waals surface area contributed by atoms with Gasteiger partial charge in [-0.15, -0.1) is 0 Å². The summed E-state index contributed by atoms with van der Waals surface area (Å²) in [5, 5.41) is 0. The zero-order valence-corrected chi connectivity index (χ0v) is 14.2. The van der Waals surface area contributed by atoms with Crippen molar-refractivity contribution >= 4 is 39.8 Å². The van der Waals surface area contributed by atoms with Gasteiger partial charge in [0.25, 0.3) is 0 Å². The number of hydrogen-bond donors (Lipinski definition) is 0. The molecule has 2 aliphatic rings. The molecule has 0 fully saturated rings. The van der Waals surface area contributed by atoms with Crippen molar-refractivity contribution in [1.29, 1.82) is 0 Å². The average Bonchev–Trinajstić information content (AvgIpc) is 2.60. The van der Waals surface area contributed by atoms with Crippen LogP contribution in [-0.2, 0) is 4.74 Å². The molecule has 1 heterocycles. The molecule has 0 atom stereocenters. The van der Waals surface area contributed by atoms with Crippen LogP contribution in [0.3, 0.4) is 0 Å². The number of allylic oxidation sites excluding steroid dienone is 1. The first-order valence-corrected chi connectivity index (χ1v) is 8.28. The molecule has 114 valence electrons. The summed E-state index contributed by atoms with van der Waals surface area (Å²) in [6.07, 6.45) is 0. The first-order chi connectivity index (χ1) is 11.1. The van der Waals surface area contributed by atoms with E-state index in [4.69, 9.17) is 4.74 Å². The Balaban J connectivity index is 1.71. The van der Waals surface area contributed by atoms with Crippen LogP contribution in [0, 0.1) is 3.57 Å². The van der Waals surface area contributed by atoms with Crippen LogP contribution >= 0.6 is 22.6 Å². The summed E-state index contributed by atoms with van der Waals surface area (Å²) in [4.78, 5) is 27.2. The number of carbonyl (C=O) groups is 2. The lowest BCUT2D eigenvalue weighted by atomic mass is 9.87. The van der Waals surface area contributed by atoms with Crippen molar-refractivity contribution in [3.8, 4) is 0 Å². The van der Waals surface area contributed by atoms with Crippen LogP contribution in [0.15, 0.2) is 59.9 Å². The summed E-state index contributed by atoms with van der Waals surface area (Å²) >= 11 is 2.25. The van der Waals surface area contributed by atoms with Crippen LogP contribution in [0.5, 0.6) is 0 Å². The van der Waals surface area contributed by atoms with Gasteiger partial charge >= 0.3 is 0 Å². The monoisotopic (exact) mass is 417 g/mol. The van der Waals surface area contributed by atoms with E-state index in [0.717, 1.165) is 9.26 Å². The predicted octanol–water partition coefficient (Wildman–Crippen LogP) is 3.42. The Hall–Kier alpha value is -2.15. The fourth-order valence-electron chi connectivity index (χ4n) is 2.90. The number of halogens is 1. The van der Waals surface area contributed by atoms with Crippen LogP contribution in [0.4, 0.5) is 5.69 Å². The summed E-state index contributed by atoms with van der Waals surface area (Å²) in [5.41, 5.74) is 2.30. The lowest BCUT2D eigenvalue weighted by molar-refractivity contribution is 0.0847. The van der Waals surface area contributed by atoms with E-state index in [-0.39, 0.29) is 24.1 Å². The van der Waals surface area contributed by atoms with Crippen LogP contribution in [0.1, 0.15) is 20.7 Å². The SMILES string of the molecule is O=C1C2=C(OCN(c3ccc(I)cc3)C2)C(=O)c2ccccc21. The highest BCUT2D eigenvalue weighted by molar-refractivity contribution is 14.1. The Labute approximate surface area is 146 Å². The van der Waals surface area contributed by atoms with E-state index in [2.05, 4.69) is 22.6 Å². The quantitative estimate of drug-likeness (QED) is 0.668. The molecular weight excluding hydrogens is 405 g/mol. The van der Waals surface area contributed by atoms with E-state index < -0.39 is 0 Å². The van der Waals surface area contributed by atoms with Crippen molar-refractivity contribution in [2.24, 2.45) is 0 Å². The highest BCUT2D eigenvalue weighted by Gasteiger charge is 2.36. The zero-order chi connectivity index (χ0) is 16.0. The minimum Gasteiger partial charge on any atom is -0.468 e. The third-order valence-corrected chi connectivity index (χ3v) is 4.80. The molecule has 5 heteroatoms. The molecule has 0 radical (unpaired) electrons. The molecule has 23 heavy (non-hydrogen) atoms. The van der Waals surface area contributed by atoms with Crippen molar-refractivity contribution in [1.82, 2.24) is 0 Å². The van der Waals surface area contributed by atoms with Crippen LogP contribution in [0.25, 0.3) is 0 Å². The smallest absolute Gasteiger partial charge is 0.228 e. The maximum Gasteiger partial charge on any atom is 0.228 e. The standard InChI is InChI=1S/C18H12INO3/c19-11-5-7-12(8-6-11)20-9-15-16(21)13-3-1-2-4-14(13)17(22)18(15)23-10-20/h1-8H,9-10H2. The van der Waals surface area contributed by atoms with E-state index in [9.17, 15) is 9.59 Å². The van der Waals surface area contributed by atoms with Crippen molar-refractivity contribution in [2.45, 2.75) is 0 Å². The summed E-state index contributed by atoms with van der Waals surface area (Å²) in [6.45, 7) is 0.648. The molecule has 0 unspecified atom stereocenters. The maximum atomic E-state index is 12.7. The molecule has 0 spiro atoms. The Morgan fingerprint density at radius 2 is 1.57 bits per heavy atom. The highest BCUT2D eigenvalue weighted by Crippen LogP contribution is 2.31. The normalized spacial score (nSPS) is 16.8. The minimum atomic E-state index is -0.197. The molecule has 1 aliphatic carbocycles.